The lowest BCUT2D eigenvalue weighted by Gasteiger charge is -2.19. The Kier molecular flexibility index (Phi) is 5.59. The highest BCUT2D eigenvalue weighted by atomic mass is 19.2. The van der Waals surface area contributed by atoms with Crippen LogP contribution in [0.4, 0.5) is 14.6 Å². The summed E-state index contributed by atoms with van der Waals surface area (Å²) in [6.07, 6.45) is 0. The lowest BCUT2D eigenvalue weighted by atomic mass is 10.0. The average Bonchev–Trinajstić information content (AvgIpc) is 2.84. The summed E-state index contributed by atoms with van der Waals surface area (Å²) in [5.74, 6) is -0.293. The normalized spacial score (nSPS) is 12.7. The third kappa shape index (κ3) is 3.75. The minimum absolute atomic E-state index is 0.102. The summed E-state index contributed by atoms with van der Waals surface area (Å²) in [7, 11) is 5.91. The Bertz CT molecular complexity index is 707. The maximum atomic E-state index is 13.4. The van der Waals surface area contributed by atoms with Crippen LogP contribution in [0.25, 0.3) is 0 Å². The first-order chi connectivity index (χ1) is 11.2. The van der Waals surface area contributed by atoms with Gasteiger partial charge in [-0.05, 0) is 30.5 Å². The van der Waals surface area contributed by atoms with Gasteiger partial charge in [0.05, 0.1) is 5.69 Å². The van der Waals surface area contributed by atoms with Crippen molar-refractivity contribution in [3.05, 3.63) is 46.7 Å². The van der Waals surface area contributed by atoms with Gasteiger partial charge < -0.3 is 10.2 Å². The van der Waals surface area contributed by atoms with Gasteiger partial charge in [0, 0.05) is 39.3 Å². The topological polar surface area (TPSA) is 33.1 Å². The monoisotopic (exact) mass is 336 g/mol. The van der Waals surface area contributed by atoms with Crippen molar-refractivity contribution in [1.82, 2.24) is 15.1 Å². The minimum atomic E-state index is -0.824. The zero-order valence-corrected chi connectivity index (χ0v) is 15.2. The van der Waals surface area contributed by atoms with E-state index >= 15 is 0 Å². The SMILES string of the molecule is CC(C)c1nn(C)c(N(C)C)c1CN[C@@H](C)c1ccc(F)c(F)c1. The van der Waals surface area contributed by atoms with E-state index in [-0.39, 0.29) is 6.04 Å². The number of nitrogens with zero attached hydrogens (tertiary/aromatic N) is 3. The molecule has 2 rings (SSSR count). The van der Waals surface area contributed by atoms with E-state index in [1.807, 2.05) is 37.6 Å². The highest BCUT2D eigenvalue weighted by Crippen LogP contribution is 2.28. The first-order valence-corrected chi connectivity index (χ1v) is 8.13. The Balaban J connectivity index is 2.23. The standard InChI is InChI=1S/C18H26F2N4/c1-11(2)17-14(18(23(4)5)24(6)22-17)10-21-12(3)13-7-8-15(19)16(20)9-13/h7-9,11-12,21H,10H2,1-6H3/t12-/m0/s1. The molecule has 0 spiro atoms. The van der Waals surface area contributed by atoms with Crippen LogP contribution in [0.5, 0.6) is 0 Å². The van der Waals surface area contributed by atoms with Crippen LogP contribution < -0.4 is 10.2 Å². The molecule has 0 radical (unpaired) electrons. The molecule has 0 bridgehead atoms. The molecule has 1 aromatic heterocycles. The molecule has 0 saturated heterocycles. The van der Waals surface area contributed by atoms with Crippen LogP contribution in [0.15, 0.2) is 18.2 Å². The molecule has 0 unspecified atom stereocenters. The molecular weight excluding hydrogens is 310 g/mol. The zero-order valence-electron chi connectivity index (χ0n) is 15.2. The highest BCUT2D eigenvalue weighted by Gasteiger charge is 2.20. The van der Waals surface area contributed by atoms with Crippen molar-refractivity contribution in [3.63, 3.8) is 0 Å². The van der Waals surface area contributed by atoms with Gasteiger partial charge in [-0.2, -0.15) is 5.10 Å². The molecule has 0 amide bonds. The van der Waals surface area contributed by atoms with Crippen molar-refractivity contribution in [2.45, 2.75) is 39.3 Å². The van der Waals surface area contributed by atoms with Crippen molar-refractivity contribution in [2.24, 2.45) is 7.05 Å². The van der Waals surface area contributed by atoms with Crippen LogP contribution in [-0.4, -0.2) is 23.9 Å². The van der Waals surface area contributed by atoms with E-state index in [9.17, 15) is 8.78 Å². The highest BCUT2D eigenvalue weighted by molar-refractivity contribution is 5.50. The number of halogens is 2. The molecule has 132 valence electrons. The van der Waals surface area contributed by atoms with Crippen molar-refractivity contribution < 1.29 is 8.78 Å². The summed E-state index contributed by atoms with van der Waals surface area (Å²) in [5.41, 5.74) is 2.90. The molecule has 1 heterocycles. The smallest absolute Gasteiger partial charge is 0.159 e. The Morgan fingerprint density at radius 3 is 2.38 bits per heavy atom. The number of anilines is 1. The number of rotatable bonds is 6. The van der Waals surface area contributed by atoms with E-state index in [2.05, 4.69) is 24.3 Å². The summed E-state index contributed by atoms with van der Waals surface area (Å²) >= 11 is 0. The number of aromatic nitrogens is 2. The lowest BCUT2D eigenvalue weighted by Crippen LogP contribution is -2.22. The molecular formula is C18H26F2N4. The van der Waals surface area contributed by atoms with Crippen LogP contribution in [0.1, 0.15) is 49.6 Å². The number of nitrogens with one attached hydrogen (secondary N) is 1. The van der Waals surface area contributed by atoms with Crippen LogP contribution in [0, 0.1) is 11.6 Å². The summed E-state index contributed by atoms with van der Waals surface area (Å²) in [6, 6.07) is 3.91. The van der Waals surface area contributed by atoms with E-state index in [0.717, 1.165) is 28.7 Å². The Morgan fingerprint density at radius 1 is 1.17 bits per heavy atom. The Morgan fingerprint density at radius 2 is 1.83 bits per heavy atom. The molecule has 0 aliphatic heterocycles. The molecule has 0 saturated carbocycles. The molecule has 6 heteroatoms. The quantitative estimate of drug-likeness (QED) is 0.872. The molecule has 0 aliphatic carbocycles. The molecule has 0 fully saturated rings. The molecule has 0 aliphatic rings. The van der Waals surface area contributed by atoms with E-state index in [4.69, 9.17) is 0 Å². The number of hydrogen-bond donors (Lipinski definition) is 1. The van der Waals surface area contributed by atoms with Crippen LogP contribution >= 0.6 is 0 Å². The fourth-order valence-electron chi connectivity index (χ4n) is 2.93. The largest absolute Gasteiger partial charge is 0.363 e. The maximum absolute atomic E-state index is 13.4. The number of hydrogen-bond acceptors (Lipinski definition) is 3. The van der Waals surface area contributed by atoms with E-state index in [1.165, 1.54) is 6.07 Å². The Hall–Kier alpha value is -1.95. The van der Waals surface area contributed by atoms with E-state index in [1.54, 1.807) is 6.07 Å². The van der Waals surface area contributed by atoms with Gasteiger partial charge in [0.15, 0.2) is 11.6 Å². The molecule has 2 aromatic rings. The van der Waals surface area contributed by atoms with Crippen LogP contribution in [0.3, 0.4) is 0 Å². The molecule has 1 N–H and O–H groups in total. The summed E-state index contributed by atoms with van der Waals surface area (Å²) in [6.45, 7) is 6.77. The first kappa shape index (κ1) is 18.4. The van der Waals surface area contributed by atoms with Gasteiger partial charge in [0.2, 0.25) is 0 Å². The van der Waals surface area contributed by atoms with Gasteiger partial charge in [0.1, 0.15) is 5.82 Å². The lowest BCUT2D eigenvalue weighted by molar-refractivity contribution is 0.500. The number of benzene rings is 1. The van der Waals surface area contributed by atoms with Crippen LogP contribution in [-0.2, 0) is 13.6 Å². The molecule has 1 aromatic carbocycles. The molecule has 4 nitrogen and oxygen atoms in total. The van der Waals surface area contributed by atoms with Gasteiger partial charge in [-0.25, -0.2) is 8.78 Å². The summed E-state index contributed by atoms with van der Waals surface area (Å²) < 4.78 is 28.4. The third-order valence-corrected chi connectivity index (χ3v) is 4.14. The van der Waals surface area contributed by atoms with E-state index in [0.29, 0.717) is 12.5 Å². The van der Waals surface area contributed by atoms with Crippen molar-refractivity contribution in [2.75, 3.05) is 19.0 Å². The molecule has 24 heavy (non-hydrogen) atoms. The number of aryl methyl sites for hydroxylation is 1. The van der Waals surface area contributed by atoms with Crippen molar-refractivity contribution >= 4 is 5.82 Å². The fraction of sp³-hybridized carbons (Fsp3) is 0.500. The van der Waals surface area contributed by atoms with Gasteiger partial charge in [-0.15, -0.1) is 0 Å². The van der Waals surface area contributed by atoms with Crippen molar-refractivity contribution in [3.8, 4) is 0 Å². The molecule has 1 atom stereocenters. The third-order valence-electron chi connectivity index (χ3n) is 4.14. The van der Waals surface area contributed by atoms with Gasteiger partial charge in [-0.3, -0.25) is 4.68 Å². The van der Waals surface area contributed by atoms with Crippen LogP contribution in [0.2, 0.25) is 0 Å². The van der Waals surface area contributed by atoms with E-state index < -0.39 is 11.6 Å². The predicted octanol–water partition coefficient (Wildman–Crippen LogP) is 3.74. The van der Waals surface area contributed by atoms with Gasteiger partial charge in [-0.1, -0.05) is 19.9 Å². The average molecular weight is 336 g/mol. The second kappa shape index (κ2) is 7.30. The summed E-state index contributed by atoms with van der Waals surface area (Å²) in [5, 5.41) is 8.03. The van der Waals surface area contributed by atoms with Gasteiger partial charge in [0.25, 0.3) is 0 Å². The van der Waals surface area contributed by atoms with Crippen molar-refractivity contribution in [1.29, 1.82) is 0 Å². The second-order valence-corrected chi connectivity index (χ2v) is 6.64. The first-order valence-electron chi connectivity index (χ1n) is 8.13. The fourth-order valence-corrected chi connectivity index (χ4v) is 2.93. The van der Waals surface area contributed by atoms with Gasteiger partial charge >= 0.3 is 0 Å². The summed E-state index contributed by atoms with van der Waals surface area (Å²) in [4.78, 5) is 2.04. The predicted molar refractivity (Wildman–Crippen MR) is 93.2 cm³/mol. The zero-order chi connectivity index (χ0) is 18.0. The maximum Gasteiger partial charge on any atom is 0.159 e. The Labute approximate surface area is 142 Å². The minimum Gasteiger partial charge on any atom is -0.363 e. The second-order valence-electron chi connectivity index (χ2n) is 6.64.